The van der Waals surface area contributed by atoms with E-state index in [2.05, 4.69) is 29.6 Å². The fourth-order valence-electron chi connectivity index (χ4n) is 3.85. The molecule has 2 heterocycles. The van der Waals surface area contributed by atoms with Crippen molar-refractivity contribution in [3.05, 3.63) is 51.7 Å². The third-order valence-corrected chi connectivity index (χ3v) is 10.8. The number of nitrogens with one attached hydrogen (secondary N) is 1. The number of carbonyl (C=O) groups excluding carboxylic acids is 2. The minimum absolute atomic E-state index is 0.0350. The number of carbonyl (C=O) groups is 2. The van der Waals surface area contributed by atoms with Gasteiger partial charge in [0.1, 0.15) is 11.0 Å². The molecule has 4 nitrogen and oxygen atoms in total. The number of rotatable bonds is 6. The fourth-order valence-corrected chi connectivity index (χ4v) is 9.20. The first-order chi connectivity index (χ1) is 13.0. The van der Waals surface area contributed by atoms with Crippen LogP contribution in [-0.4, -0.2) is 37.5 Å². The third kappa shape index (κ3) is 4.97. The van der Waals surface area contributed by atoms with Crippen LogP contribution in [0.2, 0.25) is 0 Å². The number of hydrogen-bond donors (Lipinski definition) is 1. The zero-order chi connectivity index (χ0) is 19.3. The molecule has 1 aliphatic heterocycles. The number of ether oxygens (including phenoxy) is 1. The Bertz CT molecular complexity index is 797. The Morgan fingerprint density at radius 1 is 1.15 bits per heavy atom. The standard InChI is InChI=1S/C21H26NO3PS/c1-16-15-27-20(21(24)25-2)19(16)22-18(23)14-26(11-7-4-8-12-26)13-17-9-5-3-6-10-17/h3,5-6,9-10,15H,4,7-8,11-14H2,1-2H3/p+1. The zero-order valence-electron chi connectivity index (χ0n) is 16.0. The summed E-state index contributed by atoms with van der Waals surface area (Å²) in [6, 6.07) is 10.5. The highest BCUT2D eigenvalue weighted by atomic mass is 32.1. The monoisotopic (exact) mass is 404 g/mol. The van der Waals surface area contributed by atoms with Crippen molar-refractivity contribution in [3.63, 3.8) is 0 Å². The van der Waals surface area contributed by atoms with Crippen molar-refractivity contribution in [1.29, 1.82) is 0 Å². The highest BCUT2D eigenvalue weighted by Crippen LogP contribution is 2.64. The predicted molar refractivity (Wildman–Crippen MR) is 115 cm³/mol. The molecule has 0 saturated carbocycles. The number of esters is 1. The molecule has 1 aliphatic rings. The van der Waals surface area contributed by atoms with Gasteiger partial charge in [-0.05, 0) is 42.7 Å². The van der Waals surface area contributed by atoms with E-state index in [0.29, 0.717) is 16.7 Å². The van der Waals surface area contributed by atoms with E-state index in [-0.39, 0.29) is 5.91 Å². The summed E-state index contributed by atoms with van der Waals surface area (Å²) in [7, 11) is -0.00582. The molecule has 6 heteroatoms. The van der Waals surface area contributed by atoms with Crippen LogP contribution < -0.4 is 5.32 Å². The molecule has 27 heavy (non-hydrogen) atoms. The first kappa shape index (κ1) is 20.0. The highest BCUT2D eigenvalue weighted by molar-refractivity contribution is 7.76. The average molecular weight is 404 g/mol. The van der Waals surface area contributed by atoms with Crippen LogP contribution in [0.5, 0.6) is 0 Å². The lowest BCUT2D eigenvalue weighted by Gasteiger charge is -2.30. The van der Waals surface area contributed by atoms with E-state index in [1.165, 1.54) is 55.6 Å². The molecule has 1 aromatic heterocycles. The summed E-state index contributed by atoms with van der Waals surface area (Å²) in [5, 5.41) is 4.92. The van der Waals surface area contributed by atoms with Crippen molar-refractivity contribution in [3.8, 4) is 0 Å². The summed E-state index contributed by atoms with van der Waals surface area (Å²) in [5.74, 6) is -0.359. The molecule has 0 atom stereocenters. The predicted octanol–water partition coefficient (Wildman–Crippen LogP) is 5.18. The Kier molecular flexibility index (Phi) is 6.67. The summed E-state index contributed by atoms with van der Waals surface area (Å²) in [6.07, 6.45) is 7.71. The molecule has 0 radical (unpaired) electrons. The van der Waals surface area contributed by atoms with Crippen LogP contribution >= 0.6 is 18.6 Å². The number of amides is 1. The van der Waals surface area contributed by atoms with E-state index in [9.17, 15) is 9.59 Å². The second kappa shape index (κ2) is 8.99. The number of hydrogen-bond acceptors (Lipinski definition) is 4. The minimum atomic E-state index is -1.37. The molecule has 0 unspecified atom stereocenters. The first-order valence-electron chi connectivity index (χ1n) is 9.38. The number of methoxy groups -OCH3 is 1. The lowest BCUT2D eigenvalue weighted by molar-refractivity contribution is -0.113. The molecule has 1 amide bonds. The summed E-state index contributed by atoms with van der Waals surface area (Å²) in [6.45, 7) is 1.91. The topological polar surface area (TPSA) is 55.4 Å². The molecule has 2 aromatic rings. The molecular formula is C21H27NO3PS+. The molecular weight excluding hydrogens is 377 g/mol. The van der Waals surface area contributed by atoms with Crippen molar-refractivity contribution < 1.29 is 14.3 Å². The molecule has 0 aliphatic carbocycles. The second-order valence-electron chi connectivity index (χ2n) is 7.31. The molecule has 144 valence electrons. The van der Waals surface area contributed by atoms with E-state index in [4.69, 9.17) is 4.74 Å². The van der Waals surface area contributed by atoms with Crippen LogP contribution in [0, 0.1) is 6.92 Å². The Balaban J connectivity index is 1.76. The molecule has 1 fully saturated rings. The van der Waals surface area contributed by atoms with Crippen molar-refractivity contribution in [2.45, 2.75) is 32.3 Å². The zero-order valence-corrected chi connectivity index (χ0v) is 17.7. The Morgan fingerprint density at radius 3 is 2.52 bits per heavy atom. The van der Waals surface area contributed by atoms with Crippen LogP contribution in [0.4, 0.5) is 5.69 Å². The van der Waals surface area contributed by atoms with Crippen molar-refractivity contribution in [1.82, 2.24) is 0 Å². The van der Waals surface area contributed by atoms with Gasteiger partial charge in [0.05, 0.1) is 31.3 Å². The normalized spacial score (nSPS) is 15.9. The van der Waals surface area contributed by atoms with Crippen LogP contribution in [0.1, 0.15) is 40.1 Å². The Labute approximate surface area is 165 Å². The van der Waals surface area contributed by atoms with Gasteiger partial charge in [-0.1, -0.05) is 30.3 Å². The molecule has 1 saturated heterocycles. The molecule has 1 aromatic carbocycles. The average Bonchev–Trinajstić information content (AvgIpc) is 3.03. The van der Waals surface area contributed by atoms with Gasteiger partial charge in [-0.25, -0.2) is 4.79 Å². The lowest BCUT2D eigenvalue weighted by atomic mass is 10.2. The Morgan fingerprint density at radius 2 is 1.85 bits per heavy atom. The van der Waals surface area contributed by atoms with Crippen molar-refractivity contribution in [2.75, 3.05) is 30.9 Å². The highest BCUT2D eigenvalue weighted by Gasteiger charge is 2.41. The number of thiophene rings is 1. The van der Waals surface area contributed by atoms with Gasteiger partial charge in [0.15, 0.2) is 0 Å². The molecule has 3 rings (SSSR count). The summed E-state index contributed by atoms with van der Waals surface area (Å²) in [5.41, 5.74) is 2.86. The van der Waals surface area contributed by atoms with E-state index in [1.54, 1.807) is 0 Å². The van der Waals surface area contributed by atoms with Crippen molar-refractivity contribution >= 4 is 36.2 Å². The number of benzene rings is 1. The van der Waals surface area contributed by atoms with Gasteiger partial charge in [-0.2, -0.15) is 0 Å². The smallest absolute Gasteiger partial charge is 0.350 e. The third-order valence-electron chi connectivity index (χ3n) is 5.21. The first-order valence-corrected chi connectivity index (χ1v) is 12.8. The maximum Gasteiger partial charge on any atom is 0.350 e. The van der Waals surface area contributed by atoms with Gasteiger partial charge in [0.25, 0.3) is 5.91 Å². The molecule has 0 spiro atoms. The number of anilines is 1. The number of aryl methyl sites for hydroxylation is 1. The quantitative estimate of drug-likeness (QED) is 0.533. The van der Waals surface area contributed by atoms with Gasteiger partial charge < -0.3 is 10.1 Å². The fraction of sp³-hybridized carbons (Fsp3) is 0.429. The van der Waals surface area contributed by atoms with Gasteiger partial charge in [-0.15, -0.1) is 11.3 Å². The summed E-state index contributed by atoms with van der Waals surface area (Å²) >= 11 is 1.32. The van der Waals surface area contributed by atoms with E-state index in [1.807, 2.05) is 18.4 Å². The lowest BCUT2D eigenvalue weighted by Crippen LogP contribution is -2.25. The molecule has 1 N–H and O–H groups in total. The van der Waals surface area contributed by atoms with E-state index in [0.717, 1.165) is 11.7 Å². The van der Waals surface area contributed by atoms with Crippen LogP contribution in [0.3, 0.4) is 0 Å². The Hall–Kier alpha value is -1.71. The van der Waals surface area contributed by atoms with Gasteiger partial charge in [-0.3, -0.25) is 4.79 Å². The van der Waals surface area contributed by atoms with Gasteiger partial charge in [0, 0.05) is 7.26 Å². The van der Waals surface area contributed by atoms with Crippen LogP contribution in [0.25, 0.3) is 0 Å². The van der Waals surface area contributed by atoms with Crippen LogP contribution in [0.15, 0.2) is 35.7 Å². The maximum absolute atomic E-state index is 13.0. The largest absolute Gasteiger partial charge is 0.465 e. The van der Waals surface area contributed by atoms with Gasteiger partial charge >= 0.3 is 5.97 Å². The van der Waals surface area contributed by atoms with Crippen LogP contribution in [-0.2, 0) is 15.7 Å². The molecule has 0 bridgehead atoms. The van der Waals surface area contributed by atoms with E-state index < -0.39 is 13.2 Å². The SMILES string of the molecule is COC(=O)c1scc(C)c1NC(=O)C[P+]1(Cc2ccccc2)CCCCC1. The maximum atomic E-state index is 13.0. The van der Waals surface area contributed by atoms with Gasteiger partial charge in [0.2, 0.25) is 0 Å². The minimum Gasteiger partial charge on any atom is -0.465 e. The van der Waals surface area contributed by atoms with E-state index >= 15 is 0 Å². The summed E-state index contributed by atoms with van der Waals surface area (Å²) < 4.78 is 4.85. The van der Waals surface area contributed by atoms with Crippen molar-refractivity contribution in [2.24, 2.45) is 0 Å². The summed E-state index contributed by atoms with van der Waals surface area (Å²) in [4.78, 5) is 25.4. The second-order valence-corrected chi connectivity index (χ2v) is 12.4.